The molecule has 0 radical (unpaired) electrons. The molecular weight excluding hydrogens is 546 g/mol. The third-order valence-electron chi connectivity index (χ3n) is 6.88. The number of rotatable bonds is 12. The minimum atomic E-state index is -4.14. The summed E-state index contributed by atoms with van der Waals surface area (Å²) in [7, 11) is -4.14. The number of nitrogens with zero attached hydrogens (tertiary/aromatic N) is 2. The van der Waals surface area contributed by atoms with Crippen LogP contribution in [0.4, 0.5) is 5.69 Å². The third-order valence-corrected chi connectivity index (χ3v) is 9.07. The van der Waals surface area contributed by atoms with Crippen molar-refractivity contribution in [3.63, 3.8) is 0 Å². The quantitative estimate of drug-likeness (QED) is 0.289. The largest absolute Gasteiger partial charge is 0.352 e. The molecule has 40 heavy (non-hydrogen) atoms. The second kappa shape index (κ2) is 13.8. The number of anilines is 1. The zero-order valence-corrected chi connectivity index (χ0v) is 25.3. The Kier molecular flexibility index (Phi) is 10.8. The van der Waals surface area contributed by atoms with E-state index in [0.29, 0.717) is 11.4 Å². The molecule has 0 heterocycles. The molecule has 0 spiro atoms. The maximum Gasteiger partial charge on any atom is 0.264 e. The van der Waals surface area contributed by atoms with Gasteiger partial charge in [-0.2, -0.15) is 0 Å². The SMILES string of the molecule is CC[C@@H](C)NC(=O)[C@H](CC)N(Cc1cccc(C)c1)C(=O)CN(c1ccc(C)c(Cl)c1)S(=O)(=O)c1ccccc1. The molecule has 0 saturated carbocycles. The van der Waals surface area contributed by atoms with Crippen LogP contribution in [-0.4, -0.2) is 43.8 Å². The van der Waals surface area contributed by atoms with Crippen molar-refractivity contribution in [3.8, 4) is 0 Å². The summed E-state index contributed by atoms with van der Waals surface area (Å²) in [5, 5.41) is 3.37. The molecule has 0 saturated heterocycles. The van der Waals surface area contributed by atoms with Crippen molar-refractivity contribution in [1.29, 1.82) is 0 Å². The van der Waals surface area contributed by atoms with Crippen molar-refractivity contribution in [3.05, 3.63) is 94.5 Å². The fraction of sp³-hybridized carbons (Fsp3) is 0.355. The van der Waals surface area contributed by atoms with Gasteiger partial charge in [-0.05, 0) is 69.0 Å². The highest BCUT2D eigenvalue weighted by Gasteiger charge is 2.34. The van der Waals surface area contributed by atoms with Crippen LogP contribution in [0.25, 0.3) is 0 Å². The Morgan fingerprint density at radius 2 is 1.62 bits per heavy atom. The Bertz CT molecular complexity index is 1430. The summed E-state index contributed by atoms with van der Waals surface area (Å²) in [5.74, 6) is -0.766. The summed E-state index contributed by atoms with van der Waals surface area (Å²) < 4.78 is 28.8. The number of carbonyl (C=O) groups excluding carboxylic acids is 2. The summed E-state index contributed by atoms with van der Waals surface area (Å²) in [5.41, 5.74) is 2.91. The highest BCUT2D eigenvalue weighted by atomic mass is 35.5. The molecular formula is C31H38ClN3O4S. The van der Waals surface area contributed by atoms with Crippen molar-refractivity contribution >= 4 is 39.1 Å². The van der Waals surface area contributed by atoms with Crippen LogP contribution >= 0.6 is 11.6 Å². The van der Waals surface area contributed by atoms with Gasteiger partial charge in [0, 0.05) is 17.6 Å². The second-order valence-electron chi connectivity index (χ2n) is 10.0. The van der Waals surface area contributed by atoms with Crippen molar-refractivity contribution in [2.45, 2.75) is 71.0 Å². The summed E-state index contributed by atoms with van der Waals surface area (Å²) in [6, 6.07) is 19.7. The number of nitrogens with one attached hydrogen (secondary N) is 1. The molecule has 0 aliphatic heterocycles. The Labute approximate surface area is 243 Å². The highest BCUT2D eigenvalue weighted by molar-refractivity contribution is 7.92. The minimum Gasteiger partial charge on any atom is -0.352 e. The fourth-order valence-corrected chi connectivity index (χ4v) is 5.95. The number of carbonyl (C=O) groups is 2. The van der Waals surface area contributed by atoms with E-state index in [1.165, 1.54) is 17.0 Å². The van der Waals surface area contributed by atoms with E-state index >= 15 is 0 Å². The Balaban J connectivity index is 2.07. The van der Waals surface area contributed by atoms with Gasteiger partial charge in [-0.3, -0.25) is 13.9 Å². The minimum absolute atomic E-state index is 0.0475. The van der Waals surface area contributed by atoms with Gasteiger partial charge in [0.15, 0.2) is 0 Å². The third kappa shape index (κ3) is 7.64. The van der Waals surface area contributed by atoms with Crippen molar-refractivity contribution in [2.75, 3.05) is 10.8 Å². The summed E-state index contributed by atoms with van der Waals surface area (Å²) in [6.07, 6.45) is 1.10. The van der Waals surface area contributed by atoms with Gasteiger partial charge in [-0.15, -0.1) is 0 Å². The first-order chi connectivity index (χ1) is 19.0. The Hall–Kier alpha value is -3.36. The van der Waals surface area contributed by atoms with E-state index < -0.39 is 28.5 Å². The van der Waals surface area contributed by atoms with E-state index in [0.717, 1.165) is 27.4 Å². The van der Waals surface area contributed by atoms with Crippen LogP contribution < -0.4 is 9.62 Å². The fourth-order valence-electron chi connectivity index (χ4n) is 4.35. The normalized spacial score (nSPS) is 12.8. The average molecular weight is 584 g/mol. The topological polar surface area (TPSA) is 86.8 Å². The molecule has 0 aromatic heterocycles. The van der Waals surface area contributed by atoms with E-state index in [1.54, 1.807) is 36.4 Å². The van der Waals surface area contributed by atoms with Crippen LogP contribution in [0.2, 0.25) is 5.02 Å². The maximum absolute atomic E-state index is 14.1. The van der Waals surface area contributed by atoms with Gasteiger partial charge < -0.3 is 10.2 Å². The molecule has 3 rings (SSSR count). The predicted octanol–water partition coefficient (Wildman–Crippen LogP) is 5.87. The summed E-state index contributed by atoms with van der Waals surface area (Å²) in [4.78, 5) is 29.0. The number of benzene rings is 3. The van der Waals surface area contributed by atoms with Gasteiger partial charge in [-0.1, -0.05) is 79.5 Å². The van der Waals surface area contributed by atoms with Crippen LogP contribution in [0.5, 0.6) is 0 Å². The highest BCUT2D eigenvalue weighted by Crippen LogP contribution is 2.28. The molecule has 7 nitrogen and oxygen atoms in total. The average Bonchev–Trinajstić information content (AvgIpc) is 2.93. The first-order valence-corrected chi connectivity index (χ1v) is 15.3. The van der Waals surface area contributed by atoms with E-state index in [4.69, 9.17) is 11.6 Å². The lowest BCUT2D eigenvalue weighted by Gasteiger charge is -2.34. The predicted molar refractivity (Wildman–Crippen MR) is 161 cm³/mol. The number of hydrogen-bond acceptors (Lipinski definition) is 4. The van der Waals surface area contributed by atoms with Crippen molar-refractivity contribution in [2.24, 2.45) is 0 Å². The lowest BCUT2D eigenvalue weighted by Crippen LogP contribution is -2.53. The monoisotopic (exact) mass is 583 g/mol. The zero-order chi connectivity index (χ0) is 29.4. The van der Waals surface area contributed by atoms with E-state index in [-0.39, 0.29) is 29.1 Å². The van der Waals surface area contributed by atoms with Gasteiger partial charge >= 0.3 is 0 Å². The molecule has 0 fully saturated rings. The van der Waals surface area contributed by atoms with E-state index in [9.17, 15) is 18.0 Å². The molecule has 0 unspecified atom stereocenters. The number of halogens is 1. The number of sulfonamides is 1. The number of hydrogen-bond donors (Lipinski definition) is 1. The molecule has 2 amide bonds. The van der Waals surface area contributed by atoms with Crippen LogP contribution in [-0.2, 0) is 26.2 Å². The molecule has 214 valence electrons. The number of aryl methyl sites for hydroxylation is 2. The van der Waals surface area contributed by atoms with Gasteiger partial charge in [0.25, 0.3) is 10.0 Å². The number of amides is 2. The van der Waals surface area contributed by atoms with Crippen LogP contribution in [0.15, 0.2) is 77.7 Å². The van der Waals surface area contributed by atoms with Gasteiger partial charge in [-0.25, -0.2) is 8.42 Å². The summed E-state index contributed by atoms with van der Waals surface area (Å²) >= 11 is 6.38. The smallest absolute Gasteiger partial charge is 0.264 e. The van der Waals surface area contributed by atoms with Gasteiger partial charge in [0.05, 0.1) is 10.6 Å². The first-order valence-electron chi connectivity index (χ1n) is 13.5. The Morgan fingerprint density at radius 1 is 0.925 bits per heavy atom. The van der Waals surface area contributed by atoms with Gasteiger partial charge in [0.1, 0.15) is 12.6 Å². The van der Waals surface area contributed by atoms with Crippen molar-refractivity contribution in [1.82, 2.24) is 10.2 Å². The molecule has 3 aromatic rings. The maximum atomic E-state index is 14.1. The first kappa shape index (κ1) is 31.2. The molecule has 9 heteroatoms. The Morgan fingerprint density at radius 3 is 2.23 bits per heavy atom. The molecule has 1 N–H and O–H groups in total. The summed E-state index contributed by atoms with van der Waals surface area (Å²) in [6.45, 7) is 9.15. The van der Waals surface area contributed by atoms with Crippen LogP contribution in [0.1, 0.15) is 50.3 Å². The zero-order valence-electron chi connectivity index (χ0n) is 23.7. The molecule has 0 aliphatic rings. The second-order valence-corrected chi connectivity index (χ2v) is 12.3. The lowest BCUT2D eigenvalue weighted by molar-refractivity contribution is -0.140. The molecule has 0 bridgehead atoms. The lowest BCUT2D eigenvalue weighted by atomic mass is 10.1. The van der Waals surface area contributed by atoms with Gasteiger partial charge in [0.2, 0.25) is 11.8 Å². The van der Waals surface area contributed by atoms with E-state index in [1.807, 2.05) is 58.9 Å². The molecule has 0 aliphatic carbocycles. The van der Waals surface area contributed by atoms with E-state index in [2.05, 4.69) is 5.32 Å². The van der Waals surface area contributed by atoms with Crippen molar-refractivity contribution < 1.29 is 18.0 Å². The standard InChI is InChI=1S/C31H38ClN3O4S/c1-6-24(5)33-31(37)29(7-2)34(20-25-13-11-12-22(3)18-25)30(36)21-35(26-17-16-23(4)28(32)19-26)40(38,39)27-14-9-8-10-15-27/h8-19,24,29H,6-7,20-21H2,1-5H3,(H,33,37)/t24-,29+/m1/s1. The van der Waals surface area contributed by atoms with Crippen LogP contribution in [0.3, 0.4) is 0 Å². The van der Waals surface area contributed by atoms with Crippen LogP contribution in [0, 0.1) is 13.8 Å². The molecule has 3 aromatic carbocycles. The molecule has 2 atom stereocenters.